The van der Waals surface area contributed by atoms with Crippen molar-refractivity contribution in [2.24, 2.45) is 0 Å². The van der Waals surface area contributed by atoms with Gasteiger partial charge in [-0.05, 0) is 57.4 Å². The molecule has 0 unspecified atom stereocenters. The van der Waals surface area contributed by atoms with Crippen LogP contribution in [0.25, 0.3) is 11.5 Å². The van der Waals surface area contributed by atoms with E-state index < -0.39 is 9.84 Å². The summed E-state index contributed by atoms with van der Waals surface area (Å²) < 4.78 is 49.5. The van der Waals surface area contributed by atoms with Crippen molar-refractivity contribution in [3.8, 4) is 28.7 Å². The van der Waals surface area contributed by atoms with Crippen LogP contribution in [-0.2, 0) is 9.84 Å². The van der Waals surface area contributed by atoms with Crippen LogP contribution < -0.4 is 19.5 Å². The molecule has 0 atom stereocenters. The molecule has 0 bridgehead atoms. The highest BCUT2D eigenvalue weighted by atomic mass is 32.2. The lowest BCUT2D eigenvalue weighted by Gasteiger charge is -2.18. The van der Waals surface area contributed by atoms with E-state index in [1.54, 1.807) is 30.3 Å². The molecule has 0 aliphatic carbocycles. The van der Waals surface area contributed by atoms with Gasteiger partial charge >= 0.3 is 0 Å². The molecule has 33 heavy (non-hydrogen) atoms. The molecule has 0 saturated carbocycles. The predicted octanol–water partition coefficient (Wildman–Crippen LogP) is 3.32. The van der Waals surface area contributed by atoms with Crippen molar-refractivity contribution in [2.75, 3.05) is 52.3 Å². The van der Waals surface area contributed by atoms with Crippen LogP contribution in [0.4, 0.5) is 5.88 Å². The largest absolute Gasteiger partial charge is 0.494 e. The molecule has 0 saturated heterocycles. The molecule has 0 fully saturated rings. The van der Waals surface area contributed by atoms with Crippen molar-refractivity contribution in [3.05, 3.63) is 42.5 Å². The molecule has 2 heterocycles. The Hall–Kier alpha value is -3.24. The van der Waals surface area contributed by atoms with E-state index in [0.717, 1.165) is 0 Å². The van der Waals surface area contributed by atoms with Gasteiger partial charge < -0.3 is 28.8 Å². The number of aromatic nitrogens is 1. The normalized spacial score (nSPS) is 13.2. The maximum absolute atomic E-state index is 13.5. The lowest BCUT2D eigenvalue weighted by molar-refractivity contribution is 0.171. The smallest absolute Gasteiger partial charge is 0.233 e. The van der Waals surface area contributed by atoms with E-state index in [9.17, 15) is 8.42 Å². The molecule has 0 amide bonds. The van der Waals surface area contributed by atoms with Crippen LogP contribution in [0.1, 0.15) is 6.92 Å². The first-order valence-electron chi connectivity index (χ1n) is 10.7. The average molecular weight is 474 g/mol. The summed E-state index contributed by atoms with van der Waals surface area (Å²) in [5, 5.41) is 2.90. The third-order valence-electron chi connectivity index (χ3n) is 4.93. The van der Waals surface area contributed by atoms with E-state index in [2.05, 4.69) is 10.3 Å². The topological polar surface area (TPSA) is 103 Å². The molecule has 2 aromatic carbocycles. The molecule has 10 heteroatoms. The number of nitrogens with zero attached hydrogens (tertiary/aromatic N) is 2. The molecular weight excluding hydrogens is 446 g/mol. The van der Waals surface area contributed by atoms with Gasteiger partial charge in [-0.25, -0.2) is 8.42 Å². The minimum absolute atomic E-state index is 0.0500. The van der Waals surface area contributed by atoms with Crippen molar-refractivity contribution in [1.82, 2.24) is 9.88 Å². The summed E-state index contributed by atoms with van der Waals surface area (Å²) in [4.78, 5) is 6.40. The van der Waals surface area contributed by atoms with E-state index in [0.29, 0.717) is 55.7 Å². The number of hydrogen-bond donors (Lipinski definition) is 1. The lowest BCUT2D eigenvalue weighted by atomic mass is 10.2. The van der Waals surface area contributed by atoms with Gasteiger partial charge in [0.05, 0.1) is 11.5 Å². The Morgan fingerprint density at radius 1 is 1.06 bits per heavy atom. The molecule has 0 spiro atoms. The second kappa shape index (κ2) is 9.72. The summed E-state index contributed by atoms with van der Waals surface area (Å²) in [6.45, 7) is 4.41. The standard InChI is InChI=1S/C23H27N3O6S/c1-4-29-17-7-5-16(6-8-17)21-25-23(22(32-21)24-11-12-26(2)3)33(27,28)18-9-10-19-20(15-18)31-14-13-30-19/h5-10,15,24H,4,11-14H2,1-3H3. The summed E-state index contributed by atoms with van der Waals surface area (Å²) >= 11 is 0. The highest BCUT2D eigenvalue weighted by molar-refractivity contribution is 7.91. The zero-order valence-electron chi connectivity index (χ0n) is 18.8. The number of benzene rings is 2. The van der Waals surface area contributed by atoms with Gasteiger partial charge in [0.15, 0.2) is 11.5 Å². The van der Waals surface area contributed by atoms with Crippen LogP contribution in [-0.4, -0.2) is 65.3 Å². The molecule has 1 N–H and O–H groups in total. The van der Waals surface area contributed by atoms with E-state index in [4.69, 9.17) is 18.6 Å². The fourth-order valence-electron chi connectivity index (χ4n) is 3.28. The Kier molecular flexibility index (Phi) is 6.75. The first-order valence-corrected chi connectivity index (χ1v) is 12.1. The van der Waals surface area contributed by atoms with Crippen LogP contribution >= 0.6 is 0 Å². The van der Waals surface area contributed by atoms with Gasteiger partial charge in [0.25, 0.3) is 0 Å². The second-order valence-corrected chi connectivity index (χ2v) is 9.51. The van der Waals surface area contributed by atoms with E-state index in [1.807, 2.05) is 25.9 Å². The number of ether oxygens (including phenoxy) is 3. The van der Waals surface area contributed by atoms with Gasteiger partial charge in [-0.1, -0.05) is 0 Å². The summed E-state index contributed by atoms with van der Waals surface area (Å²) in [6, 6.07) is 11.7. The van der Waals surface area contributed by atoms with Crippen molar-refractivity contribution in [3.63, 3.8) is 0 Å². The number of rotatable bonds is 9. The highest BCUT2D eigenvalue weighted by Gasteiger charge is 2.30. The summed E-state index contributed by atoms with van der Waals surface area (Å²) in [5.41, 5.74) is 0.637. The SMILES string of the molecule is CCOc1ccc(-c2nc(S(=O)(=O)c3ccc4c(c3)OCCO4)c(NCCN(C)C)o2)cc1. The van der Waals surface area contributed by atoms with Gasteiger partial charge in [-0.2, -0.15) is 4.98 Å². The third kappa shape index (κ3) is 5.07. The number of sulfone groups is 1. The summed E-state index contributed by atoms with van der Waals surface area (Å²) in [7, 11) is -0.137. The average Bonchev–Trinajstić information content (AvgIpc) is 3.24. The Balaban J connectivity index is 1.71. The van der Waals surface area contributed by atoms with Crippen molar-refractivity contribution < 1.29 is 27.0 Å². The van der Waals surface area contributed by atoms with Gasteiger partial charge in [0.2, 0.25) is 26.6 Å². The minimum Gasteiger partial charge on any atom is -0.494 e. The van der Waals surface area contributed by atoms with Gasteiger partial charge in [-0.3, -0.25) is 0 Å². The van der Waals surface area contributed by atoms with Crippen LogP contribution in [0.2, 0.25) is 0 Å². The first-order chi connectivity index (χ1) is 15.9. The number of nitrogens with one attached hydrogen (secondary N) is 1. The first kappa shape index (κ1) is 22.9. The molecule has 3 aromatic rings. The Labute approximate surface area is 193 Å². The number of oxazole rings is 1. The van der Waals surface area contributed by atoms with Gasteiger partial charge in [0.1, 0.15) is 19.0 Å². The summed E-state index contributed by atoms with van der Waals surface area (Å²) in [5.74, 6) is 1.90. The van der Waals surface area contributed by atoms with E-state index in [1.165, 1.54) is 12.1 Å². The molecule has 1 aromatic heterocycles. The molecule has 176 valence electrons. The molecular formula is C23H27N3O6S. The second-order valence-electron chi connectivity index (χ2n) is 7.65. The minimum atomic E-state index is -4.00. The zero-order valence-corrected chi connectivity index (χ0v) is 19.6. The van der Waals surface area contributed by atoms with Crippen LogP contribution in [0.5, 0.6) is 17.2 Å². The molecule has 1 aliphatic heterocycles. The Morgan fingerprint density at radius 3 is 2.48 bits per heavy atom. The Bertz CT molecular complexity index is 1210. The fraction of sp³-hybridized carbons (Fsp3) is 0.348. The molecule has 0 radical (unpaired) electrons. The molecule has 4 rings (SSSR count). The van der Waals surface area contributed by atoms with Crippen molar-refractivity contribution >= 4 is 15.7 Å². The number of anilines is 1. The molecule has 9 nitrogen and oxygen atoms in total. The quantitative estimate of drug-likeness (QED) is 0.501. The van der Waals surface area contributed by atoms with Gasteiger partial charge in [-0.15, -0.1) is 0 Å². The van der Waals surface area contributed by atoms with Crippen LogP contribution in [0.15, 0.2) is 56.8 Å². The maximum atomic E-state index is 13.5. The van der Waals surface area contributed by atoms with E-state index >= 15 is 0 Å². The maximum Gasteiger partial charge on any atom is 0.233 e. The fourth-order valence-corrected chi connectivity index (χ4v) is 4.57. The number of fused-ring (bicyclic) bond motifs is 1. The number of likely N-dealkylation sites (N-methyl/N-ethyl adjacent to an activating group) is 1. The monoisotopic (exact) mass is 473 g/mol. The predicted molar refractivity (Wildman–Crippen MR) is 123 cm³/mol. The number of hydrogen-bond acceptors (Lipinski definition) is 9. The third-order valence-corrected chi connectivity index (χ3v) is 6.59. The van der Waals surface area contributed by atoms with Crippen LogP contribution in [0, 0.1) is 0 Å². The summed E-state index contributed by atoms with van der Waals surface area (Å²) in [6.07, 6.45) is 0. The van der Waals surface area contributed by atoms with Gasteiger partial charge in [0, 0.05) is 24.7 Å². The Morgan fingerprint density at radius 2 is 1.79 bits per heavy atom. The van der Waals surface area contributed by atoms with Crippen molar-refractivity contribution in [2.45, 2.75) is 16.8 Å². The highest BCUT2D eigenvalue weighted by Crippen LogP contribution is 2.37. The lowest BCUT2D eigenvalue weighted by Crippen LogP contribution is -2.21. The van der Waals surface area contributed by atoms with Crippen molar-refractivity contribution in [1.29, 1.82) is 0 Å². The van der Waals surface area contributed by atoms with Crippen LogP contribution in [0.3, 0.4) is 0 Å². The zero-order chi connectivity index (χ0) is 23.4. The molecule has 1 aliphatic rings. The van der Waals surface area contributed by atoms with E-state index in [-0.39, 0.29) is 21.7 Å².